The van der Waals surface area contributed by atoms with E-state index in [4.69, 9.17) is 14.8 Å². The van der Waals surface area contributed by atoms with E-state index in [1.54, 1.807) is 6.07 Å². The highest BCUT2D eigenvalue weighted by molar-refractivity contribution is 6.58. The minimum Gasteiger partial charge on any atom is -0.423 e. The molecule has 0 bridgehead atoms. The van der Waals surface area contributed by atoms with Gasteiger partial charge >= 0.3 is 7.12 Å². The molecule has 0 spiro atoms. The van der Waals surface area contributed by atoms with Crippen molar-refractivity contribution < 1.29 is 19.2 Å². The molecule has 5 heteroatoms. The summed E-state index contributed by atoms with van der Waals surface area (Å²) in [4.78, 5) is 0. The van der Waals surface area contributed by atoms with E-state index in [1.165, 1.54) is 12.1 Å². The zero-order valence-electron chi connectivity index (χ0n) is 10.9. The highest BCUT2D eigenvalue weighted by Gasteiger charge is 2.16. The van der Waals surface area contributed by atoms with Crippen molar-refractivity contribution in [2.45, 2.75) is 33.3 Å². The molecule has 0 saturated carbocycles. The fourth-order valence-corrected chi connectivity index (χ4v) is 1.83. The van der Waals surface area contributed by atoms with Gasteiger partial charge in [0.15, 0.2) is 0 Å². The van der Waals surface area contributed by atoms with Crippen molar-refractivity contribution in [3.05, 3.63) is 29.6 Å². The predicted octanol–water partition coefficient (Wildman–Crippen LogP) is 1.46. The lowest BCUT2D eigenvalue weighted by Gasteiger charge is -2.11. The van der Waals surface area contributed by atoms with Gasteiger partial charge in [0.25, 0.3) is 0 Å². The van der Waals surface area contributed by atoms with E-state index in [0.29, 0.717) is 19.1 Å². The maximum Gasteiger partial charge on any atom is 0.491 e. The highest BCUT2D eigenvalue weighted by atomic mass is 19.1. The molecule has 1 unspecified atom stereocenters. The first-order chi connectivity index (χ1) is 8.54. The molecule has 0 aliphatic carbocycles. The molecule has 0 aromatic heterocycles. The maximum absolute atomic E-state index is 13.2. The van der Waals surface area contributed by atoms with Gasteiger partial charge in [0, 0.05) is 12.1 Å². The third-order valence-corrected chi connectivity index (χ3v) is 2.79. The van der Waals surface area contributed by atoms with Gasteiger partial charge in [0.05, 0.1) is 6.61 Å². The topological polar surface area (TPSA) is 49.7 Å². The first-order valence-corrected chi connectivity index (χ1v) is 6.26. The second-order valence-electron chi connectivity index (χ2n) is 4.64. The van der Waals surface area contributed by atoms with Gasteiger partial charge in [0.2, 0.25) is 0 Å². The third-order valence-electron chi connectivity index (χ3n) is 2.79. The Bertz CT molecular complexity index is 371. The van der Waals surface area contributed by atoms with E-state index in [0.717, 1.165) is 18.4 Å². The molecule has 1 rings (SSSR count). The molecule has 0 heterocycles. The first kappa shape index (κ1) is 15.2. The molecule has 1 aromatic rings. The fraction of sp³-hybridized carbons (Fsp3) is 0.538. The van der Waals surface area contributed by atoms with Gasteiger partial charge in [0.1, 0.15) is 5.82 Å². The van der Waals surface area contributed by atoms with Gasteiger partial charge in [-0.3, -0.25) is 0 Å². The van der Waals surface area contributed by atoms with Crippen LogP contribution in [0.2, 0.25) is 0 Å². The summed E-state index contributed by atoms with van der Waals surface area (Å²) in [6.07, 6.45) is 2.24. The molecule has 100 valence electrons. The van der Waals surface area contributed by atoms with E-state index in [2.05, 4.69) is 13.8 Å². The van der Waals surface area contributed by atoms with Crippen LogP contribution in [0.3, 0.4) is 0 Å². The maximum atomic E-state index is 13.2. The zero-order valence-corrected chi connectivity index (χ0v) is 10.9. The van der Waals surface area contributed by atoms with Gasteiger partial charge in [-0.15, -0.1) is 0 Å². The van der Waals surface area contributed by atoms with Crippen molar-refractivity contribution in [3.63, 3.8) is 0 Å². The molecule has 0 aliphatic rings. The molecular weight excluding hydrogens is 234 g/mol. The lowest BCUT2D eigenvalue weighted by molar-refractivity contribution is 0.0893. The van der Waals surface area contributed by atoms with Gasteiger partial charge in [-0.2, -0.15) is 0 Å². The number of hydrogen-bond donors (Lipinski definition) is 2. The highest BCUT2D eigenvalue weighted by Crippen LogP contribution is 2.08. The molecule has 1 atom stereocenters. The Morgan fingerprint density at radius 2 is 2.11 bits per heavy atom. The van der Waals surface area contributed by atoms with Crippen LogP contribution in [0.25, 0.3) is 0 Å². The summed E-state index contributed by atoms with van der Waals surface area (Å²) in [7, 11) is -1.79. The molecule has 1 aromatic carbocycles. The van der Waals surface area contributed by atoms with Gasteiger partial charge in [-0.1, -0.05) is 32.4 Å². The van der Waals surface area contributed by atoms with Crippen LogP contribution >= 0.6 is 0 Å². The second kappa shape index (κ2) is 7.51. The Kier molecular flexibility index (Phi) is 6.32. The van der Waals surface area contributed by atoms with Crippen molar-refractivity contribution >= 4 is 12.6 Å². The Labute approximate surface area is 108 Å². The standard InChI is InChI=1S/C13H20BFO3/c1-3-4-10(2)8-18-9-11-5-6-13(15)12(7-11)14(16)17/h5-7,10,16-17H,3-4,8-9H2,1-2H3. The lowest BCUT2D eigenvalue weighted by atomic mass is 9.79. The van der Waals surface area contributed by atoms with Crippen LogP contribution in [0.1, 0.15) is 32.3 Å². The minimum absolute atomic E-state index is 0.113. The molecule has 0 aliphatic heterocycles. The monoisotopic (exact) mass is 254 g/mol. The average molecular weight is 254 g/mol. The summed E-state index contributed by atoms with van der Waals surface area (Å²) in [6.45, 7) is 5.26. The molecular formula is C13H20BFO3. The van der Waals surface area contributed by atoms with Crippen LogP contribution < -0.4 is 5.46 Å². The zero-order chi connectivity index (χ0) is 13.5. The van der Waals surface area contributed by atoms with E-state index in [-0.39, 0.29) is 5.46 Å². The van der Waals surface area contributed by atoms with Gasteiger partial charge in [-0.25, -0.2) is 4.39 Å². The summed E-state index contributed by atoms with van der Waals surface area (Å²) in [5.41, 5.74) is 0.626. The third kappa shape index (κ3) is 4.76. The summed E-state index contributed by atoms with van der Waals surface area (Å²) in [5, 5.41) is 18.0. The van der Waals surface area contributed by atoms with Crippen LogP contribution in [0.4, 0.5) is 4.39 Å². The van der Waals surface area contributed by atoms with E-state index >= 15 is 0 Å². The molecule has 0 saturated heterocycles. The number of hydrogen-bond acceptors (Lipinski definition) is 3. The lowest BCUT2D eigenvalue weighted by Crippen LogP contribution is -2.33. The number of rotatable bonds is 7. The fourth-order valence-electron chi connectivity index (χ4n) is 1.83. The van der Waals surface area contributed by atoms with Crippen molar-refractivity contribution in [2.75, 3.05) is 6.61 Å². The number of benzene rings is 1. The van der Waals surface area contributed by atoms with Crippen LogP contribution in [0.5, 0.6) is 0 Å². The minimum atomic E-state index is -1.79. The summed E-state index contributed by atoms with van der Waals surface area (Å²) in [5.74, 6) is -0.119. The van der Waals surface area contributed by atoms with Gasteiger partial charge < -0.3 is 14.8 Å². The molecule has 0 radical (unpaired) electrons. The number of ether oxygens (including phenoxy) is 1. The normalized spacial score (nSPS) is 12.5. The SMILES string of the molecule is CCCC(C)COCc1ccc(F)c(B(O)O)c1. The van der Waals surface area contributed by atoms with E-state index in [1.807, 2.05) is 0 Å². The van der Waals surface area contributed by atoms with Crippen molar-refractivity contribution in [3.8, 4) is 0 Å². The van der Waals surface area contributed by atoms with E-state index in [9.17, 15) is 4.39 Å². The van der Waals surface area contributed by atoms with Crippen molar-refractivity contribution in [2.24, 2.45) is 5.92 Å². The van der Waals surface area contributed by atoms with Crippen molar-refractivity contribution in [1.82, 2.24) is 0 Å². The summed E-state index contributed by atoms with van der Waals surface area (Å²) in [6, 6.07) is 4.24. The Morgan fingerprint density at radius 3 is 2.72 bits per heavy atom. The first-order valence-electron chi connectivity index (χ1n) is 6.26. The Hall–Kier alpha value is -0.905. The van der Waals surface area contributed by atoms with Crippen molar-refractivity contribution in [1.29, 1.82) is 0 Å². The average Bonchev–Trinajstić information content (AvgIpc) is 2.31. The van der Waals surface area contributed by atoms with Gasteiger partial charge in [-0.05, 0) is 24.0 Å². The summed E-state index contributed by atoms with van der Waals surface area (Å²) < 4.78 is 18.7. The Morgan fingerprint density at radius 1 is 1.39 bits per heavy atom. The molecule has 18 heavy (non-hydrogen) atoms. The molecule has 0 amide bonds. The van der Waals surface area contributed by atoms with Crippen LogP contribution in [-0.4, -0.2) is 23.8 Å². The smallest absolute Gasteiger partial charge is 0.423 e. The predicted molar refractivity (Wildman–Crippen MR) is 70.0 cm³/mol. The molecule has 3 nitrogen and oxygen atoms in total. The molecule has 0 fully saturated rings. The quantitative estimate of drug-likeness (QED) is 0.724. The Balaban J connectivity index is 2.50. The van der Waals surface area contributed by atoms with Crippen LogP contribution in [-0.2, 0) is 11.3 Å². The van der Waals surface area contributed by atoms with Crippen LogP contribution in [0, 0.1) is 11.7 Å². The molecule has 2 N–H and O–H groups in total. The summed E-state index contributed by atoms with van der Waals surface area (Å²) >= 11 is 0. The van der Waals surface area contributed by atoms with Crippen LogP contribution in [0.15, 0.2) is 18.2 Å². The second-order valence-corrected chi connectivity index (χ2v) is 4.64. The van der Waals surface area contributed by atoms with E-state index < -0.39 is 12.9 Å². The number of halogens is 1. The largest absolute Gasteiger partial charge is 0.491 e.